The first-order valence-electron chi connectivity index (χ1n) is 4.64. The lowest BCUT2D eigenvalue weighted by atomic mass is 10.1. The number of rotatable bonds is 2. The van der Waals surface area contributed by atoms with Gasteiger partial charge in [0.25, 0.3) is 5.91 Å². The Morgan fingerprint density at radius 1 is 1.53 bits per heavy atom. The van der Waals surface area contributed by atoms with E-state index in [4.69, 9.17) is 0 Å². The molecule has 0 aromatic heterocycles. The Balaban J connectivity index is 2.16. The van der Waals surface area contributed by atoms with E-state index in [1.807, 2.05) is 0 Å². The van der Waals surface area contributed by atoms with Gasteiger partial charge in [-0.3, -0.25) is 4.79 Å². The summed E-state index contributed by atoms with van der Waals surface area (Å²) in [5.41, 5.74) is 0.0735. The van der Waals surface area contributed by atoms with Crippen molar-refractivity contribution in [1.82, 2.24) is 10.6 Å². The number of amides is 1. The highest BCUT2D eigenvalue weighted by molar-refractivity contribution is 9.10. The molecule has 1 aliphatic rings. The number of carbonyl (C=O) groups excluding carboxylic acids is 1. The van der Waals surface area contributed by atoms with Gasteiger partial charge < -0.3 is 10.6 Å². The maximum absolute atomic E-state index is 13.4. The zero-order chi connectivity index (χ0) is 10.8. The molecule has 3 nitrogen and oxygen atoms in total. The van der Waals surface area contributed by atoms with Crippen molar-refractivity contribution in [2.75, 3.05) is 13.1 Å². The number of benzene rings is 1. The lowest BCUT2D eigenvalue weighted by Gasteiger charge is -2.28. The van der Waals surface area contributed by atoms with Crippen LogP contribution in [0, 0.1) is 5.82 Å². The maximum Gasteiger partial charge on any atom is 0.255 e. The molecule has 1 amide bonds. The van der Waals surface area contributed by atoms with E-state index in [0.29, 0.717) is 4.47 Å². The molecular weight excluding hydrogens is 263 g/mol. The third-order valence-electron chi connectivity index (χ3n) is 2.31. The van der Waals surface area contributed by atoms with E-state index in [0.717, 1.165) is 13.1 Å². The average molecular weight is 273 g/mol. The smallest absolute Gasteiger partial charge is 0.255 e. The van der Waals surface area contributed by atoms with Crippen LogP contribution in [0.4, 0.5) is 4.39 Å². The fourth-order valence-electron chi connectivity index (χ4n) is 1.36. The standard InChI is InChI=1S/C10H10BrFN2O/c11-7-2-1-3-8(12)9(7)10(15)14-6-4-13-5-6/h1-3,6,13H,4-5H2,(H,14,15). The summed E-state index contributed by atoms with van der Waals surface area (Å²) < 4.78 is 13.8. The predicted octanol–water partition coefficient (Wildman–Crippen LogP) is 1.29. The topological polar surface area (TPSA) is 41.1 Å². The van der Waals surface area contributed by atoms with Gasteiger partial charge in [-0.1, -0.05) is 6.07 Å². The SMILES string of the molecule is O=C(NC1CNC1)c1c(F)cccc1Br. The Bertz CT molecular complexity index is 373. The summed E-state index contributed by atoms with van der Waals surface area (Å²) in [6.07, 6.45) is 0. The number of hydrogen-bond acceptors (Lipinski definition) is 2. The van der Waals surface area contributed by atoms with Crippen molar-refractivity contribution in [2.24, 2.45) is 0 Å². The Morgan fingerprint density at radius 2 is 2.27 bits per heavy atom. The molecule has 1 saturated heterocycles. The van der Waals surface area contributed by atoms with Crippen molar-refractivity contribution in [2.45, 2.75) is 6.04 Å². The van der Waals surface area contributed by atoms with E-state index in [1.165, 1.54) is 6.07 Å². The van der Waals surface area contributed by atoms with E-state index in [1.54, 1.807) is 12.1 Å². The quantitative estimate of drug-likeness (QED) is 0.852. The first kappa shape index (κ1) is 10.6. The van der Waals surface area contributed by atoms with E-state index in [-0.39, 0.29) is 17.5 Å². The number of nitrogens with one attached hydrogen (secondary N) is 2. The van der Waals surface area contributed by atoms with E-state index >= 15 is 0 Å². The summed E-state index contributed by atoms with van der Waals surface area (Å²) in [5, 5.41) is 5.77. The predicted molar refractivity (Wildman–Crippen MR) is 58.2 cm³/mol. The molecule has 1 aliphatic heterocycles. The highest BCUT2D eigenvalue weighted by Gasteiger charge is 2.22. The van der Waals surface area contributed by atoms with Crippen molar-refractivity contribution in [3.05, 3.63) is 34.1 Å². The summed E-state index contributed by atoms with van der Waals surface area (Å²) in [6, 6.07) is 4.60. The Hall–Kier alpha value is -0.940. The molecule has 2 rings (SSSR count). The van der Waals surface area contributed by atoms with Crippen LogP contribution in [0.1, 0.15) is 10.4 Å². The van der Waals surface area contributed by atoms with E-state index in [2.05, 4.69) is 26.6 Å². The van der Waals surface area contributed by atoms with Crippen molar-refractivity contribution >= 4 is 21.8 Å². The highest BCUT2D eigenvalue weighted by Crippen LogP contribution is 2.19. The molecule has 1 heterocycles. The molecule has 0 bridgehead atoms. The first-order valence-corrected chi connectivity index (χ1v) is 5.43. The average Bonchev–Trinajstić information content (AvgIpc) is 2.11. The molecule has 80 valence electrons. The van der Waals surface area contributed by atoms with Gasteiger partial charge in [0.15, 0.2) is 0 Å². The molecule has 2 N–H and O–H groups in total. The van der Waals surface area contributed by atoms with Crippen LogP contribution in [0.2, 0.25) is 0 Å². The van der Waals surface area contributed by atoms with Crippen molar-refractivity contribution < 1.29 is 9.18 Å². The van der Waals surface area contributed by atoms with Crippen LogP contribution in [0.25, 0.3) is 0 Å². The normalized spacial score (nSPS) is 15.9. The van der Waals surface area contributed by atoms with Crippen molar-refractivity contribution in [3.8, 4) is 0 Å². The number of carbonyl (C=O) groups is 1. The van der Waals surface area contributed by atoms with E-state index < -0.39 is 5.82 Å². The van der Waals surface area contributed by atoms with Gasteiger partial charge in [0.2, 0.25) is 0 Å². The molecule has 0 saturated carbocycles. The second-order valence-corrected chi connectivity index (χ2v) is 4.28. The molecule has 0 unspecified atom stereocenters. The monoisotopic (exact) mass is 272 g/mol. The van der Waals surface area contributed by atoms with Gasteiger partial charge in [0, 0.05) is 17.6 Å². The van der Waals surface area contributed by atoms with Crippen LogP contribution in [-0.2, 0) is 0 Å². The molecule has 0 radical (unpaired) electrons. The molecule has 5 heteroatoms. The highest BCUT2D eigenvalue weighted by atomic mass is 79.9. The molecule has 15 heavy (non-hydrogen) atoms. The van der Waals surface area contributed by atoms with Crippen LogP contribution in [0.3, 0.4) is 0 Å². The molecule has 1 aromatic carbocycles. The van der Waals surface area contributed by atoms with Crippen LogP contribution in [0.15, 0.2) is 22.7 Å². The van der Waals surface area contributed by atoms with Gasteiger partial charge in [0.05, 0.1) is 11.6 Å². The molecule has 0 aliphatic carbocycles. The molecule has 1 aromatic rings. The van der Waals surface area contributed by atoms with Gasteiger partial charge in [-0.2, -0.15) is 0 Å². The van der Waals surface area contributed by atoms with Crippen molar-refractivity contribution in [1.29, 1.82) is 0 Å². The fraction of sp³-hybridized carbons (Fsp3) is 0.300. The molecule has 0 atom stereocenters. The third-order valence-corrected chi connectivity index (χ3v) is 2.97. The Morgan fingerprint density at radius 3 is 2.80 bits per heavy atom. The van der Waals surface area contributed by atoms with Crippen LogP contribution in [0.5, 0.6) is 0 Å². The van der Waals surface area contributed by atoms with Crippen LogP contribution in [-0.4, -0.2) is 25.0 Å². The second kappa shape index (κ2) is 4.28. The van der Waals surface area contributed by atoms with Gasteiger partial charge in [0.1, 0.15) is 5.82 Å². The van der Waals surface area contributed by atoms with Gasteiger partial charge in [-0.05, 0) is 28.1 Å². The second-order valence-electron chi connectivity index (χ2n) is 3.43. The lowest BCUT2D eigenvalue weighted by Crippen LogP contribution is -2.57. The Labute approximate surface area is 95.2 Å². The minimum Gasteiger partial charge on any atom is -0.347 e. The summed E-state index contributed by atoms with van der Waals surface area (Å²) >= 11 is 3.16. The van der Waals surface area contributed by atoms with Gasteiger partial charge in [-0.15, -0.1) is 0 Å². The zero-order valence-corrected chi connectivity index (χ0v) is 9.47. The number of hydrogen-bond donors (Lipinski definition) is 2. The molecule has 1 fully saturated rings. The third kappa shape index (κ3) is 2.18. The summed E-state index contributed by atoms with van der Waals surface area (Å²) in [7, 11) is 0. The van der Waals surface area contributed by atoms with E-state index in [9.17, 15) is 9.18 Å². The van der Waals surface area contributed by atoms with Crippen molar-refractivity contribution in [3.63, 3.8) is 0 Å². The summed E-state index contributed by atoms with van der Waals surface area (Å²) in [4.78, 5) is 11.7. The summed E-state index contributed by atoms with van der Waals surface area (Å²) in [6.45, 7) is 1.50. The van der Waals surface area contributed by atoms with Gasteiger partial charge in [-0.25, -0.2) is 4.39 Å². The minimum absolute atomic E-state index is 0.0735. The first-order chi connectivity index (χ1) is 7.18. The fourth-order valence-corrected chi connectivity index (χ4v) is 1.89. The maximum atomic E-state index is 13.4. The molecule has 0 spiro atoms. The van der Waals surface area contributed by atoms with Crippen LogP contribution >= 0.6 is 15.9 Å². The molecular formula is C10H10BrFN2O. The lowest BCUT2D eigenvalue weighted by molar-refractivity contribution is 0.0919. The largest absolute Gasteiger partial charge is 0.347 e. The Kier molecular flexibility index (Phi) is 3.02. The van der Waals surface area contributed by atoms with Crippen LogP contribution < -0.4 is 10.6 Å². The zero-order valence-electron chi connectivity index (χ0n) is 7.89. The summed E-state index contributed by atoms with van der Waals surface area (Å²) in [5.74, 6) is -0.874. The van der Waals surface area contributed by atoms with Gasteiger partial charge >= 0.3 is 0 Å². The number of halogens is 2. The minimum atomic E-state index is -0.505.